The minimum atomic E-state index is -0.828. The number of hydrogen-bond acceptors (Lipinski definition) is 3. The third kappa shape index (κ3) is 6.70. The van der Waals surface area contributed by atoms with Gasteiger partial charge in [0.05, 0.1) is 6.10 Å². The molecule has 0 saturated heterocycles. The van der Waals surface area contributed by atoms with Gasteiger partial charge in [-0.2, -0.15) is 0 Å². The Morgan fingerprint density at radius 2 is 1.55 bits per heavy atom. The van der Waals surface area contributed by atoms with E-state index in [1.54, 1.807) is 0 Å². The van der Waals surface area contributed by atoms with Gasteiger partial charge >= 0.3 is 0 Å². The minimum absolute atomic E-state index is 0.0518. The maximum absolute atomic E-state index is 13.7. The molecule has 0 saturated carbocycles. The molecule has 0 heterocycles. The van der Waals surface area contributed by atoms with Crippen LogP contribution in [0.4, 0.5) is 5.69 Å². The normalized spacial score (nSPS) is 13.1. The Hall–Kier alpha value is -2.07. The highest BCUT2D eigenvalue weighted by atomic mass is 16.5. The molecule has 1 unspecified atom stereocenters. The maximum Gasteiger partial charge on any atom is 0.256 e. The van der Waals surface area contributed by atoms with Gasteiger partial charge in [-0.15, -0.1) is 0 Å². The van der Waals surface area contributed by atoms with Gasteiger partial charge in [-0.3, -0.25) is 4.79 Å². The molecule has 0 bridgehead atoms. The fourth-order valence-electron chi connectivity index (χ4n) is 4.09. The van der Waals surface area contributed by atoms with Gasteiger partial charge in [-0.1, -0.05) is 65.8 Å². The van der Waals surface area contributed by atoms with Crippen LogP contribution in [0.15, 0.2) is 36.4 Å². The van der Waals surface area contributed by atoms with Crippen molar-refractivity contribution in [2.45, 2.75) is 85.9 Å². The molecule has 0 spiro atoms. The zero-order valence-corrected chi connectivity index (χ0v) is 20.5. The number of ether oxygens (including phenoxy) is 2. The molecule has 0 aliphatic carbocycles. The smallest absolute Gasteiger partial charge is 0.256 e. The van der Waals surface area contributed by atoms with Gasteiger partial charge in [0.1, 0.15) is 11.4 Å². The fraction of sp³-hybridized carbons (Fsp3) is 0.593. The third-order valence-electron chi connectivity index (χ3n) is 5.51. The molecule has 172 valence electrons. The van der Waals surface area contributed by atoms with E-state index in [0.717, 1.165) is 35.1 Å². The van der Waals surface area contributed by atoms with Crippen molar-refractivity contribution in [3.63, 3.8) is 0 Å². The van der Waals surface area contributed by atoms with Crippen LogP contribution >= 0.6 is 0 Å². The number of benzene rings is 2. The lowest BCUT2D eigenvalue weighted by Crippen LogP contribution is -2.48. The Labute approximate surface area is 188 Å². The average Bonchev–Trinajstić information content (AvgIpc) is 2.72. The molecule has 0 fully saturated rings. The molecule has 4 nitrogen and oxygen atoms in total. The first-order chi connectivity index (χ1) is 14.7. The van der Waals surface area contributed by atoms with Gasteiger partial charge in [0, 0.05) is 23.1 Å². The van der Waals surface area contributed by atoms with E-state index in [-0.39, 0.29) is 12.0 Å². The van der Waals surface area contributed by atoms with E-state index >= 15 is 0 Å². The van der Waals surface area contributed by atoms with Crippen molar-refractivity contribution in [1.82, 2.24) is 0 Å². The fourth-order valence-corrected chi connectivity index (χ4v) is 4.09. The van der Waals surface area contributed by atoms with Gasteiger partial charge < -0.3 is 14.8 Å². The predicted octanol–water partition coefficient (Wildman–Crippen LogP) is 7.21. The van der Waals surface area contributed by atoms with Crippen LogP contribution in [-0.4, -0.2) is 24.2 Å². The lowest BCUT2D eigenvalue weighted by molar-refractivity contribution is -0.147. The van der Waals surface area contributed by atoms with E-state index < -0.39 is 5.60 Å². The number of carbonyl (C=O) groups excluding carboxylic acids is 1. The molecule has 2 aromatic carbocycles. The van der Waals surface area contributed by atoms with Crippen LogP contribution in [0.25, 0.3) is 10.8 Å². The molecule has 0 aliphatic heterocycles. The number of hydrogen-bond donors (Lipinski definition) is 1. The lowest BCUT2D eigenvalue weighted by Gasteiger charge is -2.35. The molecular formula is C27H41NO3. The van der Waals surface area contributed by atoms with E-state index in [2.05, 4.69) is 53.8 Å². The first-order valence-electron chi connectivity index (χ1n) is 11.9. The lowest BCUT2D eigenvalue weighted by atomic mass is 9.83. The SMILES string of the molecule is CCCOC(CC(C)C)(CC(C)C)C(=O)Nc1ccc(OC(C)CC)c2ccccc12. The molecule has 0 aliphatic rings. The summed E-state index contributed by atoms with van der Waals surface area (Å²) in [6.45, 7) is 15.4. The summed E-state index contributed by atoms with van der Waals surface area (Å²) in [6.07, 6.45) is 3.36. The molecule has 1 amide bonds. The van der Waals surface area contributed by atoms with Crippen molar-refractivity contribution >= 4 is 22.4 Å². The standard InChI is InChI=1S/C27H41NO3/c1-8-16-30-27(17-19(3)4,18-20(5)6)26(29)28-24-14-15-25(31-21(7)9-2)23-13-11-10-12-22(23)24/h10-15,19-21H,8-9,16-18H2,1-7H3,(H,28,29). The molecular weight excluding hydrogens is 386 g/mol. The Morgan fingerprint density at radius 3 is 2.10 bits per heavy atom. The number of rotatable bonds is 12. The summed E-state index contributed by atoms with van der Waals surface area (Å²) in [5, 5.41) is 5.21. The summed E-state index contributed by atoms with van der Waals surface area (Å²) in [5.41, 5.74) is -0.0280. The molecule has 2 aromatic rings. The van der Waals surface area contributed by atoms with E-state index in [0.29, 0.717) is 31.3 Å². The van der Waals surface area contributed by atoms with Crippen LogP contribution in [0.2, 0.25) is 0 Å². The molecule has 1 atom stereocenters. The van der Waals surface area contributed by atoms with Crippen molar-refractivity contribution in [2.75, 3.05) is 11.9 Å². The number of nitrogens with one attached hydrogen (secondary N) is 1. The number of fused-ring (bicyclic) bond motifs is 1. The second kappa shape index (κ2) is 11.5. The number of carbonyl (C=O) groups is 1. The Bertz CT molecular complexity index is 833. The van der Waals surface area contributed by atoms with E-state index in [4.69, 9.17) is 9.47 Å². The molecule has 2 rings (SSSR count). The summed E-state index contributed by atoms with van der Waals surface area (Å²) in [5.74, 6) is 1.50. The molecule has 1 N–H and O–H groups in total. The Morgan fingerprint density at radius 1 is 0.935 bits per heavy atom. The van der Waals surface area contributed by atoms with E-state index in [1.807, 2.05) is 36.4 Å². The summed E-state index contributed by atoms with van der Waals surface area (Å²) in [7, 11) is 0. The molecule has 4 heteroatoms. The second-order valence-corrected chi connectivity index (χ2v) is 9.49. The van der Waals surface area contributed by atoms with Gasteiger partial charge in [0.15, 0.2) is 0 Å². The van der Waals surface area contributed by atoms with Gasteiger partial charge in [-0.05, 0) is 56.6 Å². The first-order valence-corrected chi connectivity index (χ1v) is 11.9. The highest BCUT2D eigenvalue weighted by Gasteiger charge is 2.40. The maximum atomic E-state index is 13.7. The van der Waals surface area contributed by atoms with Crippen molar-refractivity contribution in [2.24, 2.45) is 11.8 Å². The van der Waals surface area contributed by atoms with Crippen LogP contribution in [0.3, 0.4) is 0 Å². The summed E-state index contributed by atoms with van der Waals surface area (Å²) in [6, 6.07) is 12.0. The van der Waals surface area contributed by atoms with Crippen molar-refractivity contribution in [3.05, 3.63) is 36.4 Å². The van der Waals surface area contributed by atoms with Crippen LogP contribution < -0.4 is 10.1 Å². The zero-order chi connectivity index (χ0) is 23.0. The topological polar surface area (TPSA) is 47.6 Å². The Balaban J connectivity index is 2.43. The number of anilines is 1. The average molecular weight is 428 g/mol. The largest absolute Gasteiger partial charge is 0.490 e. The third-order valence-corrected chi connectivity index (χ3v) is 5.51. The summed E-state index contributed by atoms with van der Waals surface area (Å²) in [4.78, 5) is 13.7. The van der Waals surface area contributed by atoms with Crippen LogP contribution in [0.5, 0.6) is 5.75 Å². The zero-order valence-electron chi connectivity index (χ0n) is 20.5. The molecule has 31 heavy (non-hydrogen) atoms. The van der Waals surface area contributed by atoms with Crippen molar-refractivity contribution in [3.8, 4) is 5.75 Å². The van der Waals surface area contributed by atoms with Crippen molar-refractivity contribution in [1.29, 1.82) is 0 Å². The van der Waals surface area contributed by atoms with Crippen LogP contribution in [-0.2, 0) is 9.53 Å². The van der Waals surface area contributed by atoms with Gasteiger partial charge in [-0.25, -0.2) is 0 Å². The monoisotopic (exact) mass is 427 g/mol. The van der Waals surface area contributed by atoms with E-state index in [9.17, 15) is 4.79 Å². The number of amides is 1. The van der Waals surface area contributed by atoms with Gasteiger partial charge in [0.2, 0.25) is 0 Å². The first kappa shape index (κ1) is 25.2. The Kier molecular flexibility index (Phi) is 9.36. The van der Waals surface area contributed by atoms with E-state index in [1.165, 1.54) is 0 Å². The minimum Gasteiger partial charge on any atom is -0.490 e. The quantitative estimate of drug-likeness (QED) is 0.389. The molecule has 0 aromatic heterocycles. The van der Waals surface area contributed by atoms with Crippen LogP contribution in [0, 0.1) is 11.8 Å². The highest BCUT2D eigenvalue weighted by molar-refractivity contribution is 6.06. The summed E-state index contributed by atoms with van der Waals surface area (Å²) < 4.78 is 12.4. The van der Waals surface area contributed by atoms with Crippen LogP contribution in [0.1, 0.15) is 74.1 Å². The van der Waals surface area contributed by atoms with Gasteiger partial charge in [0.25, 0.3) is 5.91 Å². The second-order valence-electron chi connectivity index (χ2n) is 9.49. The predicted molar refractivity (Wildman–Crippen MR) is 131 cm³/mol. The highest BCUT2D eigenvalue weighted by Crippen LogP contribution is 2.35. The molecule has 0 radical (unpaired) electrons. The summed E-state index contributed by atoms with van der Waals surface area (Å²) >= 11 is 0. The van der Waals surface area contributed by atoms with Crippen molar-refractivity contribution < 1.29 is 14.3 Å².